The number of carbonyl (C=O) groups is 1. The Hall–Kier alpha value is -1.66. The molecule has 2 rings (SSSR count). The van der Waals surface area contributed by atoms with Gasteiger partial charge in [-0.15, -0.1) is 28.1 Å². The second kappa shape index (κ2) is 8.99. The van der Waals surface area contributed by atoms with E-state index < -0.39 is 5.91 Å². The highest BCUT2D eigenvalue weighted by Crippen LogP contribution is 2.23. The maximum absolute atomic E-state index is 11.0. The summed E-state index contributed by atoms with van der Waals surface area (Å²) in [7, 11) is 1.94. The van der Waals surface area contributed by atoms with Gasteiger partial charge in [-0.1, -0.05) is 0 Å². The number of fused-ring (bicyclic) bond motifs is 1. The number of rotatable bonds is 9. The van der Waals surface area contributed by atoms with Crippen molar-refractivity contribution >= 4 is 45.8 Å². The molecule has 0 aliphatic carbocycles. The maximum atomic E-state index is 11.0. The topological polar surface area (TPSA) is 67.6 Å². The Morgan fingerprint density at radius 1 is 1.29 bits per heavy atom. The van der Waals surface area contributed by atoms with Crippen LogP contribution in [-0.4, -0.2) is 40.3 Å². The lowest BCUT2D eigenvalue weighted by atomic mass is 10.2. The van der Waals surface area contributed by atoms with Gasteiger partial charge in [0.15, 0.2) is 0 Å². The van der Waals surface area contributed by atoms with Crippen molar-refractivity contribution in [2.24, 2.45) is 12.2 Å². The highest BCUT2D eigenvalue weighted by molar-refractivity contribution is 6.18. The third kappa shape index (κ3) is 4.45. The molecule has 0 aliphatic rings. The smallest absolute Gasteiger partial charge is 0.286 e. The number of amides is 1. The number of aryl methyl sites for hydroxylation is 2. The average molecular weight is 371 g/mol. The van der Waals surface area contributed by atoms with Crippen LogP contribution in [0.2, 0.25) is 0 Å². The van der Waals surface area contributed by atoms with Gasteiger partial charge in [-0.05, 0) is 24.6 Å². The second-order valence-corrected chi connectivity index (χ2v) is 6.22. The van der Waals surface area contributed by atoms with E-state index in [1.807, 2.05) is 29.8 Å². The predicted molar refractivity (Wildman–Crippen MR) is 98.1 cm³/mol. The van der Waals surface area contributed by atoms with Gasteiger partial charge in [0.05, 0.1) is 11.0 Å². The van der Waals surface area contributed by atoms with Crippen LogP contribution in [0.15, 0.2) is 23.4 Å². The molecule has 0 fully saturated rings. The molecule has 8 heteroatoms. The number of carbonyl (C=O) groups excluding carboxylic acids is 1. The van der Waals surface area contributed by atoms with Crippen LogP contribution in [0.4, 0.5) is 5.69 Å². The van der Waals surface area contributed by atoms with Crippen LogP contribution in [0.25, 0.3) is 11.0 Å². The Bertz CT molecular complexity index is 711. The summed E-state index contributed by atoms with van der Waals surface area (Å²) in [5, 5.41) is 2.41. The quantitative estimate of drug-likeness (QED) is 0.500. The molecule has 0 aliphatic heterocycles. The molecule has 1 amide bonds. The molecular weight excluding hydrogens is 351 g/mol. The summed E-state index contributed by atoms with van der Waals surface area (Å²) in [4.78, 5) is 27.9. The summed E-state index contributed by atoms with van der Waals surface area (Å²) >= 11 is 11.7. The summed E-state index contributed by atoms with van der Waals surface area (Å²) < 4.78 is 2.01. The van der Waals surface area contributed by atoms with Gasteiger partial charge in [0, 0.05) is 55.6 Å². The molecule has 1 aromatic heterocycles. The lowest BCUT2D eigenvalue weighted by Crippen LogP contribution is -2.27. The van der Waals surface area contributed by atoms with E-state index in [2.05, 4.69) is 15.1 Å². The molecule has 1 aromatic carbocycles. The minimum atomic E-state index is -0.617. The Morgan fingerprint density at radius 3 is 2.62 bits per heavy atom. The highest BCUT2D eigenvalue weighted by atomic mass is 35.5. The van der Waals surface area contributed by atoms with E-state index in [1.54, 1.807) is 0 Å². The van der Waals surface area contributed by atoms with Gasteiger partial charge in [0.2, 0.25) is 0 Å². The Balaban J connectivity index is 2.20. The fourth-order valence-corrected chi connectivity index (χ4v) is 3.08. The molecule has 0 N–H and O–H groups in total. The maximum Gasteiger partial charge on any atom is 0.286 e. The number of alkyl halides is 2. The van der Waals surface area contributed by atoms with Crippen molar-refractivity contribution in [3.8, 4) is 0 Å². The Morgan fingerprint density at radius 2 is 2.00 bits per heavy atom. The van der Waals surface area contributed by atoms with Gasteiger partial charge in [0.25, 0.3) is 5.91 Å². The number of hydrogen-bond donors (Lipinski definition) is 0. The third-order valence-electron chi connectivity index (χ3n) is 3.92. The molecule has 0 spiro atoms. The summed E-state index contributed by atoms with van der Waals surface area (Å²) in [5.41, 5.74) is 2.94. The lowest BCUT2D eigenvalue weighted by Gasteiger charge is -2.22. The van der Waals surface area contributed by atoms with Crippen LogP contribution < -0.4 is 4.90 Å². The Kier molecular flexibility index (Phi) is 6.99. The zero-order chi connectivity index (χ0) is 17.5. The highest BCUT2D eigenvalue weighted by Gasteiger charge is 2.12. The van der Waals surface area contributed by atoms with Crippen molar-refractivity contribution < 1.29 is 4.79 Å². The second-order valence-electron chi connectivity index (χ2n) is 5.46. The summed E-state index contributed by atoms with van der Waals surface area (Å²) in [6, 6.07) is 6.08. The average Bonchev–Trinajstić information content (AvgIpc) is 2.90. The zero-order valence-corrected chi connectivity index (χ0v) is 15.1. The molecule has 24 heavy (non-hydrogen) atoms. The van der Waals surface area contributed by atoms with E-state index in [9.17, 15) is 9.70 Å². The molecule has 0 saturated carbocycles. The fourth-order valence-electron chi connectivity index (χ4n) is 2.68. The SMILES string of the molecule is Cn1c(CCCC(=O)N=O)nc2cc(N(CCCl)CCCl)ccc21. The van der Waals surface area contributed by atoms with E-state index in [-0.39, 0.29) is 6.42 Å². The molecule has 0 atom stereocenters. The van der Waals surface area contributed by atoms with Gasteiger partial charge in [-0.3, -0.25) is 4.79 Å². The molecule has 1 heterocycles. The molecule has 0 saturated heterocycles. The summed E-state index contributed by atoms with van der Waals surface area (Å²) in [6.07, 6.45) is 1.32. The normalized spacial score (nSPS) is 11.0. The van der Waals surface area contributed by atoms with Crippen LogP contribution >= 0.6 is 23.2 Å². The summed E-state index contributed by atoms with van der Waals surface area (Å²) in [5.74, 6) is 1.32. The Labute approximate surface area is 150 Å². The van der Waals surface area contributed by atoms with Crippen LogP contribution in [0, 0.1) is 4.91 Å². The predicted octanol–water partition coefficient (Wildman–Crippen LogP) is 3.47. The van der Waals surface area contributed by atoms with E-state index in [0.717, 1.165) is 35.6 Å². The standard InChI is InChI=1S/C16H20Cl2N4O2/c1-21-14-6-5-12(22(9-7-17)10-8-18)11-13(14)19-15(21)3-2-4-16(23)20-24/h5-6,11H,2-4,7-10H2,1H3. The van der Waals surface area contributed by atoms with Crippen LogP contribution in [0.1, 0.15) is 18.7 Å². The first-order chi connectivity index (χ1) is 11.6. The van der Waals surface area contributed by atoms with Crippen molar-refractivity contribution in [1.82, 2.24) is 9.55 Å². The minimum absolute atomic E-state index is 0.150. The van der Waals surface area contributed by atoms with Crippen molar-refractivity contribution in [2.75, 3.05) is 29.7 Å². The molecular formula is C16H20Cl2N4O2. The van der Waals surface area contributed by atoms with Crippen molar-refractivity contribution in [3.05, 3.63) is 28.9 Å². The first kappa shape index (κ1) is 18.7. The molecule has 0 bridgehead atoms. The molecule has 0 unspecified atom stereocenters. The van der Waals surface area contributed by atoms with Gasteiger partial charge in [0.1, 0.15) is 5.82 Å². The van der Waals surface area contributed by atoms with Gasteiger partial charge >= 0.3 is 0 Å². The molecule has 6 nitrogen and oxygen atoms in total. The number of hydrogen-bond acceptors (Lipinski definition) is 4. The fraction of sp³-hybridized carbons (Fsp3) is 0.500. The number of imidazole rings is 1. The van der Waals surface area contributed by atoms with Crippen molar-refractivity contribution in [2.45, 2.75) is 19.3 Å². The van der Waals surface area contributed by atoms with Crippen molar-refractivity contribution in [3.63, 3.8) is 0 Å². The molecule has 0 radical (unpaired) electrons. The minimum Gasteiger partial charge on any atom is -0.369 e. The van der Waals surface area contributed by atoms with E-state index >= 15 is 0 Å². The zero-order valence-electron chi connectivity index (χ0n) is 13.5. The van der Waals surface area contributed by atoms with Crippen LogP contribution in [0.3, 0.4) is 0 Å². The van der Waals surface area contributed by atoms with Gasteiger partial charge in [-0.2, -0.15) is 0 Å². The van der Waals surface area contributed by atoms with Crippen molar-refractivity contribution in [1.29, 1.82) is 0 Å². The number of aromatic nitrogens is 2. The number of benzene rings is 1. The lowest BCUT2D eigenvalue weighted by molar-refractivity contribution is -0.118. The number of anilines is 1. The van der Waals surface area contributed by atoms with E-state index in [4.69, 9.17) is 23.2 Å². The van der Waals surface area contributed by atoms with E-state index in [0.29, 0.717) is 24.6 Å². The van der Waals surface area contributed by atoms with Gasteiger partial charge < -0.3 is 9.47 Å². The molecule has 130 valence electrons. The first-order valence-electron chi connectivity index (χ1n) is 7.79. The third-order valence-corrected chi connectivity index (χ3v) is 4.26. The van der Waals surface area contributed by atoms with E-state index in [1.165, 1.54) is 0 Å². The number of nitrogens with zero attached hydrogens (tertiary/aromatic N) is 4. The summed E-state index contributed by atoms with van der Waals surface area (Å²) in [6.45, 7) is 1.44. The molecule has 2 aromatic rings. The number of halogens is 2. The first-order valence-corrected chi connectivity index (χ1v) is 8.86. The monoisotopic (exact) mass is 370 g/mol. The largest absolute Gasteiger partial charge is 0.369 e. The number of nitroso groups, excluding NO2 is 1. The van der Waals surface area contributed by atoms with Crippen LogP contribution in [0.5, 0.6) is 0 Å². The van der Waals surface area contributed by atoms with Gasteiger partial charge in [-0.25, -0.2) is 4.98 Å². The van der Waals surface area contributed by atoms with Crippen LogP contribution in [-0.2, 0) is 18.3 Å².